The average Bonchev–Trinajstić information content (AvgIpc) is 2.74. The van der Waals surface area contributed by atoms with Crippen molar-refractivity contribution < 1.29 is 4.74 Å². The molecule has 0 amide bonds. The number of rotatable bonds is 4. The third kappa shape index (κ3) is 2.62. The maximum absolute atomic E-state index is 6.03. The Morgan fingerprint density at radius 1 is 1.56 bits per heavy atom. The molecule has 4 nitrogen and oxygen atoms in total. The molecule has 1 fully saturated rings. The molecule has 1 aliphatic carbocycles. The fraction of sp³-hybridized carbons (Fsp3) is 0.750. The van der Waals surface area contributed by atoms with Crippen molar-refractivity contribution in [3.8, 4) is 0 Å². The number of hydrogen-bond donors (Lipinski definition) is 1. The van der Waals surface area contributed by atoms with Crippen LogP contribution < -0.4 is 5.73 Å². The fourth-order valence-electron chi connectivity index (χ4n) is 2.54. The molecular weight excluding hydrogens is 202 g/mol. The summed E-state index contributed by atoms with van der Waals surface area (Å²) in [5, 5.41) is 0. The van der Waals surface area contributed by atoms with Crippen molar-refractivity contribution >= 4 is 0 Å². The van der Waals surface area contributed by atoms with Gasteiger partial charge < -0.3 is 15.0 Å². The second-order valence-corrected chi connectivity index (χ2v) is 4.63. The van der Waals surface area contributed by atoms with E-state index in [1.165, 1.54) is 25.0 Å². The van der Waals surface area contributed by atoms with Gasteiger partial charge in [-0.05, 0) is 19.3 Å². The first kappa shape index (κ1) is 11.6. The molecule has 1 saturated carbocycles. The molecule has 1 aromatic heterocycles. The molecule has 1 heterocycles. The maximum atomic E-state index is 6.03. The predicted octanol–water partition coefficient (Wildman–Crippen LogP) is 1.51. The Morgan fingerprint density at radius 2 is 2.44 bits per heavy atom. The molecule has 2 rings (SSSR count). The van der Waals surface area contributed by atoms with E-state index in [9.17, 15) is 0 Å². The molecule has 2 N–H and O–H groups in total. The van der Waals surface area contributed by atoms with Crippen LogP contribution in [0.3, 0.4) is 0 Å². The summed E-state index contributed by atoms with van der Waals surface area (Å²) in [7, 11) is 1.73. The summed E-state index contributed by atoms with van der Waals surface area (Å²) in [6, 6.07) is 0.365. The third-order valence-electron chi connectivity index (χ3n) is 3.41. The van der Waals surface area contributed by atoms with Gasteiger partial charge in [-0.25, -0.2) is 4.98 Å². The molecule has 0 saturated heterocycles. The number of aromatic nitrogens is 2. The van der Waals surface area contributed by atoms with Crippen LogP contribution in [0.1, 0.15) is 37.3 Å². The fourth-order valence-corrected chi connectivity index (χ4v) is 2.54. The zero-order valence-corrected chi connectivity index (χ0v) is 9.93. The standard InChI is InChI=1S/C12H21N3O/c1-16-6-5-15-9-14-8-12(15)10-3-2-4-11(13)7-10/h8-11H,2-7,13H2,1H3. The highest BCUT2D eigenvalue weighted by Gasteiger charge is 2.23. The lowest BCUT2D eigenvalue weighted by Crippen LogP contribution is -2.27. The van der Waals surface area contributed by atoms with Gasteiger partial charge in [-0.2, -0.15) is 0 Å². The molecule has 0 bridgehead atoms. The zero-order chi connectivity index (χ0) is 11.4. The second kappa shape index (κ2) is 5.46. The molecule has 4 heteroatoms. The Labute approximate surface area is 96.8 Å². The van der Waals surface area contributed by atoms with Crippen LogP contribution in [0.25, 0.3) is 0 Å². The van der Waals surface area contributed by atoms with Crippen LogP contribution in [0.4, 0.5) is 0 Å². The third-order valence-corrected chi connectivity index (χ3v) is 3.41. The van der Waals surface area contributed by atoms with Crippen LogP contribution in [0, 0.1) is 0 Å². The van der Waals surface area contributed by atoms with E-state index < -0.39 is 0 Å². The van der Waals surface area contributed by atoms with Gasteiger partial charge in [0, 0.05) is 37.5 Å². The Kier molecular flexibility index (Phi) is 3.96. The van der Waals surface area contributed by atoms with Crippen LogP contribution in [-0.4, -0.2) is 29.3 Å². The van der Waals surface area contributed by atoms with Crippen molar-refractivity contribution in [2.45, 2.75) is 44.2 Å². The van der Waals surface area contributed by atoms with Gasteiger partial charge in [-0.3, -0.25) is 0 Å². The lowest BCUT2D eigenvalue weighted by atomic mass is 9.84. The molecule has 0 aliphatic heterocycles. The van der Waals surface area contributed by atoms with Crippen molar-refractivity contribution in [2.75, 3.05) is 13.7 Å². The van der Waals surface area contributed by atoms with Gasteiger partial charge in [0.25, 0.3) is 0 Å². The molecular formula is C12H21N3O. The van der Waals surface area contributed by atoms with E-state index in [-0.39, 0.29) is 0 Å². The number of nitrogens with two attached hydrogens (primary N) is 1. The van der Waals surface area contributed by atoms with Crippen molar-refractivity contribution in [1.82, 2.24) is 9.55 Å². The van der Waals surface area contributed by atoms with Crippen molar-refractivity contribution in [3.05, 3.63) is 18.2 Å². The first-order chi connectivity index (χ1) is 7.81. The van der Waals surface area contributed by atoms with E-state index in [0.29, 0.717) is 12.0 Å². The van der Waals surface area contributed by atoms with E-state index in [1.807, 2.05) is 12.5 Å². The first-order valence-corrected chi connectivity index (χ1v) is 6.06. The number of ether oxygens (including phenoxy) is 1. The van der Waals surface area contributed by atoms with Gasteiger partial charge in [0.15, 0.2) is 0 Å². The van der Waals surface area contributed by atoms with Gasteiger partial charge in [0.2, 0.25) is 0 Å². The second-order valence-electron chi connectivity index (χ2n) is 4.63. The summed E-state index contributed by atoms with van der Waals surface area (Å²) in [5.74, 6) is 0.586. The van der Waals surface area contributed by atoms with E-state index in [2.05, 4.69) is 9.55 Å². The summed E-state index contributed by atoms with van der Waals surface area (Å²) >= 11 is 0. The van der Waals surface area contributed by atoms with Crippen LogP contribution in [0.5, 0.6) is 0 Å². The largest absolute Gasteiger partial charge is 0.383 e. The van der Waals surface area contributed by atoms with Gasteiger partial charge in [0.05, 0.1) is 12.9 Å². The van der Waals surface area contributed by atoms with Crippen molar-refractivity contribution in [2.24, 2.45) is 5.73 Å². The van der Waals surface area contributed by atoms with Crippen LogP contribution in [0.15, 0.2) is 12.5 Å². The summed E-state index contributed by atoms with van der Waals surface area (Å²) in [4.78, 5) is 4.24. The Hall–Kier alpha value is -0.870. The predicted molar refractivity (Wildman–Crippen MR) is 63.3 cm³/mol. The SMILES string of the molecule is COCCn1cncc1C1CCCC(N)C1. The molecule has 0 radical (unpaired) electrons. The number of methoxy groups -OCH3 is 1. The molecule has 16 heavy (non-hydrogen) atoms. The highest BCUT2D eigenvalue weighted by Crippen LogP contribution is 2.31. The van der Waals surface area contributed by atoms with Gasteiger partial charge in [-0.15, -0.1) is 0 Å². The van der Waals surface area contributed by atoms with E-state index in [1.54, 1.807) is 7.11 Å². The zero-order valence-electron chi connectivity index (χ0n) is 9.93. The van der Waals surface area contributed by atoms with E-state index in [0.717, 1.165) is 19.6 Å². The van der Waals surface area contributed by atoms with Gasteiger partial charge in [0.1, 0.15) is 0 Å². The molecule has 1 aromatic rings. The van der Waals surface area contributed by atoms with E-state index >= 15 is 0 Å². The summed E-state index contributed by atoms with van der Waals surface area (Å²) < 4.78 is 7.31. The van der Waals surface area contributed by atoms with Gasteiger partial charge in [-0.1, -0.05) is 6.42 Å². The molecule has 0 spiro atoms. The summed E-state index contributed by atoms with van der Waals surface area (Å²) in [5.41, 5.74) is 7.35. The number of imidazole rings is 1. The van der Waals surface area contributed by atoms with E-state index in [4.69, 9.17) is 10.5 Å². The Morgan fingerprint density at radius 3 is 3.19 bits per heavy atom. The summed E-state index contributed by atoms with van der Waals surface area (Å²) in [6.45, 7) is 1.62. The molecule has 1 aliphatic rings. The minimum Gasteiger partial charge on any atom is -0.383 e. The average molecular weight is 223 g/mol. The normalized spacial score (nSPS) is 25.9. The number of hydrogen-bond acceptors (Lipinski definition) is 3. The number of nitrogens with zero attached hydrogens (tertiary/aromatic N) is 2. The molecule has 2 unspecified atom stereocenters. The summed E-state index contributed by atoms with van der Waals surface area (Å²) in [6.07, 6.45) is 8.63. The highest BCUT2D eigenvalue weighted by molar-refractivity contribution is 5.08. The minimum atomic E-state index is 0.365. The van der Waals surface area contributed by atoms with Crippen LogP contribution >= 0.6 is 0 Å². The minimum absolute atomic E-state index is 0.365. The van der Waals surface area contributed by atoms with Crippen LogP contribution in [-0.2, 0) is 11.3 Å². The highest BCUT2D eigenvalue weighted by atomic mass is 16.5. The lowest BCUT2D eigenvalue weighted by Gasteiger charge is -2.27. The monoisotopic (exact) mass is 223 g/mol. The Balaban J connectivity index is 2.04. The Bertz CT molecular complexity index is 324. The molecule has 2 atom stereocenters. The lowest BCUT2D eigenvalue weighted by molar-refractivity contribution is 0.185. The van der Waals surface area contributed by atoms with Crippen LogP contribution in [0.2, 0.25) is 0 Å². The van der Waals surface area contributed by atoms with Gasteiger partial charge >= 0.3 is 0 Å². The smallest absolute Gasteiger partial charge is 0.0949 e. The molecule has 90 valence electrons. The molecule has 0 aromatic carbocycles. The quantitative estimate of drug-likeness (QED) is 0.842. The topological polar surface area (TPSA) is 53.1 Å². The van der Waals surface area contributed by atoms with Crippen molar-refractivity contribution in [1.29, 1.82) is 0 Å². The maximum Gasteiger partial charge on any atom is 0.0949 e. The van der Waals surface area contributed by atoms with Crippen molar-refractivity contribution in [3.63, 3.8) is 0 Å². The first-order valence-electron chi connectivity index (χ1n) is 6.06.